The van der Waals surface area contributed by atoms with Crippen LogP contribution in [0.3, 0.4) is 0 Å². The molecule has 2 unspecified atom stereocenters. The third kappa shape index (κ3) is 4.21. The van der Waals surface area contributed by atoms with Crippen LogP contribution in [0.5, 0.6) is 0 Å². The van der Waals surface area contributed by atoms with Crippen LogP contribution in [0.2, 0.25) is 0 Å². The average molecular weight is 365 g/mol. The van der Waals surface area contributed by atoms with E-state index < -0.39 is 0 Å². The minimum atomic E-state index is 0.245. The van der Waals surface area contributed by atoms with Crippen LogP contribution >= 0.6 is 11.8 Å². The van der Waals surface area contributed by atoms with Gasteiger partial charge >= 0.3 is 0 Å². The summed E-state index contributed by atoms with van der Waals surface area (Å²) in [6, 6.07) is 0.720. The first-order valence-corrected chi connectivity index (χ1v) is 11.0. The number of carbonyl (C=O) groups is 1. The highest BCUT2D eigenvalue weighted by atomic mass is 32.2. The van der Waals surface area contributed by atoms with Gasteiger partial charge in [-0.05, 0) is 52.9 Å². The molecule has 0 N–H and O–H groups in total. The summed E-state index contributed by atoms with van der Waals surface area (Å²) in [4.78, 5) is 14.8. The van der Waals surface area contributed by atoms with Crippen molar-refractivity contribution in [2.24, 2.45) is 0 Å². The van der Waals surface area contributed by atoms with Crippen LogP contribution in [0.15, 0.2) is 5.16 Å². The molecule has 1 aromatic heterocycles. The van der Waals surface area contributed by atoms with Crippen molar-refractivity contribution in [2.75, 3.05) is 5.75 Å². The third-order valence-corrected chi connectivity index (χ3v) is 6.79. The molecule has 2 heterocycles. The number of aromatic nitrogens is 3. The Morgan fingerprint density at radius 2 is 1.72 bits per heavy atom. The minimum Gasteiger partial charge on any atom is -0.337 e. The maximum atomic E-state index is 12.7. The molecule has 2 fully saturated rings. The van der Waals surface area contributed by atoms with E-state index in [4.69, 9.17) is 0 Å². The van der Waals surface area contributed by atoms with Gasteiger partial charge in [0.2, 0.25) is 5.91 Å². The second-order valence-electron chi connectivity index (χ2n) is 7.64. The summed E-state index contributed by atoms with van der Waals surface area (Å²) in [7, 11) is 0. The Bertz CT molecular complexity index is 572. The number of amides is 1. The van der Waals surface area contributed by atoms with Crippen LogP contribution in [0, 0.1) is 0 Å². The Labute approximate surface area is 155 Å². The number of rotatable bonds is 5. The predicted molar refractivity (Wildman–Crippen MR) is 102 cm³/mol. The van der Waals surface area contributed by atoms with Gasteiger partial charge in [-0.15, -0.1) is 10.2 Å². The van der Waals surface area contributed by atoms with Gasteiger partial charge in [0.1, 0.15) is 5.82 Å². The summed E-state index contributed by atoms with van der Waals surface area (Å²) in [5, 5.41) is 9.83. The zero-order valence-electron chi connectivity index (χ0n) is 15.9. The average Bonchev–Trinajstić information content (AvgIpc) is 3.03. The van der Waals surface area contributed by atoms with E-state index in [0.717, 1.165) is 30.4 Å². The SMILES string of the molecule is CCn1c(SCC(=O)N2C(C)CCCC2C)nnc1C1CCCCC1. The Morgan fingerprint density at radius 1 is 1.04 bits per heavy atom. The van der Waals surface area contributed by atoms with Crippen molar-refractivity contribution in [3.63, 3.8) is 0 Å². The van der Waals surface area contributed by atoms with Crippen molar-refractivity contribution in [3.05, 3.63) is 5.82 Å². The fourth-order valence-corrected chi connectivity index (χ4v) is 5.36. The molecule has 2 atom stereocenters. The quantitative estimate of drug-likeness (QED) is 0.734. The van der Waals surface area contributed by atoms with Crippen LogP contribution in [0.1, 0.15) is 83.9 Å². The first-order chi connectivity index (χ1) is 12.1. The van der Waals surface area contributed by atoms with Gasteiger partial charge in [0.25, 0.3) is 0 Å². The molecule has 25 heavy (non-hydrogen) atoms. The smallest absolute Gasteiger partial charge is 0.233 e. The van der Waals surface area contributed by atoms with Crippen molar-refractivity contribution in [3.8, 4) is 0 Å². The van der Waals surface area contributed by atoms with Gasteiger partial charge < -0.3 is 9.47 Å². The molecule has 1 aliphatic heterocycles. The van der Waals surface area contributed by atoms with Crippen LogP contribution < -0.4 is 0 Å². The highest BCUT2D eigenvalue weighted by Gasteiger charge is 2.29. The standard InChI is InChI=1S/C19H32N4OS/c1-4-22-18(16-11-6-5-7-12-16)20-21-19(22)25-13-17(24)23-14(2)9-8-10-15(23)3/h14-16H,4-13H2,1-3H3. The maximum Gasteiger partial charge on any atom is 0.233 e. The number of thioether (sulfide) groups is 1. The molecule has 0 spiro atoms. The molecule has 0 radical (unpaired) electrons. The molecule has 5 nitrogen and oxygen atoms in total. The summed E-state index contributed by atoms with van der Waals surface area (Å²) in [5.74, 6) is 2.40. The number of hydrogen-bond acceptors (Lipinski definition) is 4. The first-order valence-electron chi connectivity index (χ1n) is 9.98. The molecule has 0 bridgehead atoms. The first kappa shape index (κ1) is 18.7. The summed E-state index contributed by atoms with van der Waals surface area (Å²) < 4.78 is 2.23. The lowest BCUT2D eigenvalue weighted by Crippen LogP contribution is -2.48. The van der Waals surface area contributed by atoms with Gasteiger partial charge in [-0.25, -0.2) is 0 Å². The topological polar surface area (TPSA) is 51.0 Å². The van der Waals surface area contributed by atoms with Crippen molar-refractivity contribution in [1.29, 1.82) is 0 Å². The number of piperidine rings is 1. The zero-order valence-corrected chi connectivity index (χ0v) is 16.7. The Hall–Kier alpha value is -1.04. The van der Waals surface area contributed by atoms with Crippen LogP contribution in [0.4, 0.5) is 0 Å². The van der Waals surface area contributed by atoms with Gasteiger partial charge in [0.05, 0.1) is 5.75 Å². The summed E-state index contributed by atoms with van der Waals surface area (Å²) in [6.45, 7) is 7.38. The lowest BCUT2D eigenvalue weighted by Gasteiger charge is -2.39. The predicted octanol–water partition coefficient (Wildman–Crippen LogP) is 4.23. The minimum absolute atomic E-state index is 0.245. The van der Waals surface area contributed by atoms with E-state index in [1.54, 1.807) is 11.8 Å². The molecule has 1 aliphatic carbocycles. The second kappa shape index (κ2) is 8.56. The summed E-state index contributed by atoms with van der Waals surface area (Å²) >= 11 is 1.56. The molecule has 6 heteroatoms. The number of carbonyl (C=O) groups excluding carboxylic acids is 1. The molecule has 0 aromatic carbocycles. The Kier molecular flexibility index (Phi) is 6.42. The third-order valence-electron chi connectivity index (χ3n) is 5.84. The lowest BCUT2D eigenvalue weighted by atomic mass is 9.89. The molecular weight excluding hydrogens is 332 g/mol. The number of hydrogen-bond donors (Lipinski definition) is 0. The largest absolute Gasteiger partial charge is 0.337 e. The molecule has 1 saturated heterocycles. The second-order valence-corrected chi connectivity index (χ2v) is 8.58. The highest BCUT2D eigenvalue weighted by molar-refractivity contribution is 7.99. The van der Waals surface area contributed by atoms with Gasteiger partial charge in [0, 0.05) is 24.5 Å². The molecule has 1 amide bonds. The number of nitrogens with zero attached hydrogens (tertiary/aromatic N) is 4. The molecule has 1 aromatic rings. The molecule has 1 saturated carbocycles. The molecule has 2 aliphatic rings. The van der Waals surface area contributed by atoms with E-state index >= 15 is 0 Å². The van der Waals surface area contributed by atoms with Gasteiger partial charge in [-0.3, -0.25) is 4.79 Å². The van der Waals surface area contributed by atoms with E-state index in [9.17, 15) is 4.79 Å². The van der Waals surface area contributed by atoms with E-state index in [1.165, 1.54) is 38.5 Å². The number of likely N-dealkylation sites (tertiary alicyclic amines) is 1. The molecule has 3 rings (SSSR count). The van der Waals surface area contributed by atoms with E-state index in [1.807, 2.05) is 0 Å². The lowest BCUT2D eigenvalue weighted by molar-refractivity contribution is -0.134. The van der Waals surface area contributed by atoms with Crippen molar-refractivity contribution >= 4 is 17.7 Å². The van der Waals surface area contributed by atoms with Crippen molar-refractivity contribution in [1.82, 2.24) is 19.7 Å². The molecule has 140 valence electrons. The van der Waals surface area contributed by atoms with Crippen LogP contribution in [0.25, 0.3) is 0 Å². The Morgan fingerprint density at radius 3 is 2.36 bits per heavy atom. The van der Waals surface area contributed by atoms with E-state index in [-0.39, 0.29) is 5.91 Å². The normalized spacial score (nSPS) is 25.3. The fraction of sp³-hybridized carbons (Fsp3) is 0.842. The fourth-order valence-electron chi connectivity index (χ4n) is 4.48. The monoisotopic (exact) mass is 364 g/mol. The zero-order chi connectivity index (χ0) is 17.8. The van der Waals surface area contributed by atoms with Crippen molar-refractivity contribution in [2.45, 2.75) is 102 Å². The summed E-state index contributed by atoms with van der Waals surface area (Å²) in [5.41, 5.74) is 0. The van der Waals surface area contributed by atoms with Gasteiger partial charge in [0.15, 0.2) is 5.16 Å². The Balaban J connectivity index is 1.64. The van der Waals surface area contributed by atoms with Crippen molar-refractivity contribution < 1.29 is 4.79 Å². The maximum absolute atomic E-state index is 12.7. The summed E-state index contributed by atoms with van der Waals surface area (Å²) in [6.07, 6.45) is 9.87. The van der Waals surface area contributed by atoms with E-state index in [2.05, 4.69) is 40.4 Å². The highest BCUT2D eigenvalue weighted by Crippen LogP contribution is 2.33. The van der Waals surface area contributed by atoms with Crippen LogP contribution in [-0.2, 0) is 11.3 Å². The van der Waals surface area contributed by atoms with E-state index in [0.29, 0.717) is 23.8 Å². The van der Waals surface area contributed by atoms with Gasteiger partial charge in [-0.1, -0.05) is 31.0 Å². The van der Waals surface area contributed by atoms with Crippen LogP contribution in [-0.4, -0.2) is 43.4 Å². The molecular formula is C19H32N4OS. The van der Waals surface area contributed by atoms with Gasteiger partial charge in [-0.2, -0.15) is 0 Å².